The molecule has 8 nitrogen and oxygen atoms in total. The Labute approximate surface area is 116 Å². The number of hydrazine groups is 2. The van der Waals surface area contributed by atoms with E-state index in [9.17, 15) is 5.21 Å². The predicted molar refractivity (Wildman–Crippen MR) is 77.0 cm³/mol. The first-order valence-electron chi connectivity index (χ1n) is 6.76. The van der Waals surface area contributed by atoms with Gasteiger partial charge >= 0.3 is 0 Å². The van der Waals surface area contributed by atoms with Crippen LogP contribution in [0.2, 0.25) is 0 Å². The number of aliphatic hydroxyl groups is 1. The lowest BCUT2D eigenvalue weighted by atomic mass is 10.3. The minimum Gasteiger partial charge on any atom is -0.400 e. The highest BCUT2D eigenvalue weighted by Crippen LogP contribution is 1.97. The average molecular weight is 280 g/mol. The maximum atomic E-state index is 9.18. The molecule has 0 aliphatic heterocycles. The Bertz CT molecular complexity index is 162. The van der Waals surface area contributed by atoms with E-state index in [0.29, 0.717) is 18.4 Å². The number of nitrogens with two attached hydrogens (primary N) is 3. The van der Waals surface area contributed by atoms with Crippen molar-refractivity contribution in [1.82, 2.24) is 15.6 Å². The van der Waals surface area contributed by atoms with Gasteiger partial charge in [0.15, 0.2) is 0 Å². The third kappa shape index (κ3) is 15.6. The van der Waals surface area contributed by atoms with Gasteiger partial charge < -0.3 is 21.9 Å². The van der Waals surface area contributed by atoms with Crippen molar-refractivity contribution in [3.05, 3.63) is 0 Å². The molecule has 0 aliphatic rings. The standard InChI is InChI=1S/C10H28N6O.CH4O/c11-5-3-8-14-7-1-2-9-15(16(13)17)10-4-6-12;1-2/h14,17H,1-13H2;2H,1H3. The molecule has 0 aromatic carbocycles. The normalized spacial score (nSPS) is 10.7. The monoisotopic (exact) mass is 280 g/mol. The van der Waals surface area contributed by atoms with Crippen LogP contribution in [-0.2, 0) is 0 Å². The molecule has 8 heteroatoms. The van der Waals surface area contributed by atoms with Gasteiger partial charge in [0.1, 0.15) is 0 Å². The van der Waals surface area contributed by atoms with Crippen LogP contribution in [-0.4, -0.2) is 67.0 Å². The van der Waals surface area contributed by atoms with Crippen LogP contribution in [0.15, 0.2) is 0 Å². The molecule has 0 bridgehead atoms. The molecule has 0 aromatic heterocycles. The number of hydrogen-bond donors (Lipinski definition) is 6. The lowest BCUT2D eigenvalue weighted by molar-refractivity contribution is -0.250. The van der Waals surface area contributed by atoms with Gasteiger partial charge in [0, 0.05) is 20.2 Å². The molecule has 0 unspecified atom stereocenters. The van der Waals surface area contributed by atoms with E-state index in [-0.39, 0.29) is 0 Å². The average Bonchev–Trinajstić information content (AvgIpc) is 2.43. The maximum absolute atomic E-state index is 9.18. The van der Waals surface area contributed by atoms with Crippen LogP contribution in [0.4, 0.5) is 0 Å². The summed E-state index contributed by atoms with van der Waals surface area (Å²) in [5.41, 5.74) is 10.8. The SMILES string of the molecule is CO.NCCCNCCCCN(CCCN)N(N)O. The van der Waals surface area contributed by atoms with E-state index < -0.39 is 0 Å². The highest BCUT2D eigenvalue weighted by Gasteiger charge is 2.07. The molecule has 19 heavy (non-hydrogen) atoms. The summed E-state index contributed by atoms with van der Waals surface area (Å²) >= 11 is 0. The molecule has 0 spiro atoms. The van der Waals surface area contributed by atoms with Crippen molar-refractivity contribution in [3.8, 4) is 0 Å². The van der Waals surface area contributed by atoms with Crippen LogP contribution >= 0.6 is 0 Å². The summed E-state index contributed by atoms with van der Waals surface area (Å²) in [6, 6.07) is 0. The van der Waals surface area contributed by atoms with Gasteiger partial charge in [0.2, 0.25) is 0 Å². The van der Waals surface area contributed by atoms with Gasteiger partial charge in [-0.1, -0.05) is 5.28 Å². The van der Waals surface area contributed by atoms with E-state index in [0.717, 1.165) is 59.0 Å². The van der Waals surface area contributed by atoms with E-state index >= 15 is 0 Å². The van der Waals surface area contributed by atoms with E-state index in [1.54, 1.807) is 5.01 Å². The summed E-state index contributed by atoms with van der Waals surface area (Å²) in [4.78, 5) is 0. The van der Waals surface area contributed by atoms with Gasteiger partial charge in [-0.15, -0.1) is 0 Å². The van der Waals surface area contributed by atoms with E-state index in [1.165, 1.54) is 0 Å². The molecule has 118 valence electrons. The van der Waals surface area contributed by atoms with Crippen LogP contribution in [0.1, 0.15) is 25.7 Å². The van der Waals surface area contributed by atoms with Gasteiger partial charge in [-0.2, -0.15) is 0 Å². The summed E-state index contributed by atoms with van der Waals surface area (Å²) in [5, 5.41) is 21.8. The molecule has 0 heterocycles. The van der Waals surface area contributed by atoms with Crippen LogP contribution in [0.25, 0.3) is 0 Å². The van der Waals surface area contributed by atoms with Crippen molar-refractivity contribution < 1.29 is 10.3 Å². The minimum atomic E-state index is 0.602. The van der Waals surface area contributed by atoms with Crippen molar-refractivity contribution in [2.24, 2.45) is 17.3 Å². The Hall–Kier alpha value is -0.320. The lowest BCUT2D eigenvalue weighted by Gasteiger charge is -2.25. The molecule has 9 N–H and O–H groups in total. The van der Waals surface area contributed by atoms with E-state index in [1.807, 2.05) is 0 Å². The Kier molecular flexibility index (Phi) is 19.5. The third-order valence-corrected chi connectivity index (χ3v) is 2.49. The van der Waals surface area contributed by atoms with Crippen molar-refractivity contribution in [1.29, 1.82) is 0 Å². The fraction of sp³-hybridized carbons (Fsp3) is 1.00. The first kappa shape index (κ1) is 21.0. The molecule has 0 fully saturated rings. The summed E-state index contributed by atoms with van der Waals surface area (Å²) < 4.78 is 0. The van der Waals surface area contributed by atoms with E-state index in [4.69, 9.17) is 22.4 Å². The van der Waals surface area contributed by atoms with Crippen molar-refractivity contribution in [3.63, 3.8) is 0 Å². The molecule has 0 amide bonds. The molecular weight excluding hydrogens is 248 g/mol. The van der Waals surface area contributed by atoms with Crippen molar-refractivity contribution in [2.75, 3.05) is 46.4 Å². The van der Waals surface area contributed by atoms with Crippen LogP contribution in [0, 0.1) is 0 Å². The first-order chi connectivity index (χ1) is 9.22. The van der Waals surface area contributed by atoms with Gasteiger partial charge in [-0.25, -0.2) is 10.9 Å². The quantitative estimate of drug-likeness (QED) is 0.143. The fourth-order valence-electron chi connectivity index (χ4n) is 1.49. The number of nitrogens with zero attached hydrogens (tertiary/aromatic N) is 2. The zero-order valence-corrected chi connectivity index (χ0v) is 12.1. The molecular formula is C11H32N6O2. The summed E-state index contributed by atoms with van der Waals surface area (Å²) in [6.07, 6.45) is 3.87. The summed E-state index contributed by atoms with van der Waals surface area (Å²) in [7, 11) is 1.00. The summed E-state index contributed by atoms with van der Waals surface area (Å²) in [5.74, 6) is 5.30. The zero-order valence-electron chi connectivity index (χ0n) is 12.1. The smallest absolute Gasteiger partial charge is 0.0319 e. The molecule has 0 aliphatic carbocycles. The second-order valence-corrected chi connectivity index (χ2v) is 4.02. The molecule has 0 aromatic rings. The van der Waals surface area contributed by atoms with E-state index in [2.05, 4.69) is 5.32 Å². The van der Waals surface area contributed by atoms with Gasteiger partial charge in [0.25, 0.3) is 0 Å². The second kappa shape index (κ2) is 17.7. The first-order valence-corrected chi connectivity index (χ1v) is 6.76. The number of nitrogens with one attached hydrogen (secondary N) is 1. The Morgan fingerprint density at radius 2 is 1.42 bits per heavy atom. The molecule has 0 atom stereocenters. The van der Waals surface area contributed by atoms with Crippen LogP contribution in [0.5, 0.6) is 0 Å². The van der Waals surface area contributed by atoms with Crippen molar-refractivity contribution >= 4 is 0 Å². The molecule has 0 saturated heterocycles. The molecule has 0 rings (SSSR count). The number of unbranched alkanes of at least 4 members (excludes halogenated alkanes) is 1. The minimum absolute atomic E-state index is 0.602. The lowest BCUT2D eigenvalue weighted by Crippen LogP contribution is -2.46. The Morgan fingerprint density at radius 3 is 1.95 bits per heavy atom. The second-order valence-electron chi connectivity index (χ2n) is 4.02. The fourth-order valence-corrected chi connectivity index (χ4v) is 1.49. The predicted octanol–water partition coefficient (Wildman–Crippen LogP) is -1.56. The topological polar surface area (TPSA) is 137 Å². The Balaban J connectivity index is 0. The Morgan fingerprint density at radius 1 is 0.895 bits per heavy atom. The largest absolute Gasteiger partial charge is 0.400 e. The third-order valence-electron chi connectivity index (χ3n) is 2.49. The van der Waals surface area contributed by atoms with Crippen LogP contribution in [0.3, 0.4) is 0 Å². The van der Waals surface area contributed by atoms with Crippen LogP contribution < -0.4 is 22.6 Å². The highest BCUT2D eigenvalue weighted by atomic mass is 16.6. The zero-order chi connectivity index (χ0) is 14.9. The molecule has 0 saturated carbocycles. The highest BCUT2D eigenvalue weighted by molar-refractivity contribution is 4.54. The molecule has 0 radical (unpaired) electrons. The van der Waals surface area contributed by atoms with Gasteiger partial charge in [-0.3, -0.25) is 5.21 Å². The maximum Gasteiger partial charge on any atom is 0.0319 e. The number of aliphatic hydroxyl groups excluding tert-OH is 1. The van der Waals surface area contributed by atoms with Gasteiger partial charge in [0.05, 0.1) is 0 Å². The number of rotatable bonds is 12. The van der Waals surface area contributed by atoms with Gasteiger partial charge in [-0.05, 0) is 51.9 Å². The number of hydrogen-bond acceptors (Lipinski definition) is 8. The van der Waals surface area contributed by atoms with Crippen molar-refractivity contribution in [2.45, 2.75) is 25.7 Å². The summed E-state index contributed by atoms with van der Waals surface area (Å²) in [6.45, 7) is 4.70.